The Morgan fingerprint density at radius 2 is 2.17 bits per heavy atom. The number of carbonyl (C=O) groups is 1. The van der Waals surface area contributed by atoms with Crippen molar-refractivity contribution in [2.45, 2.75) is 0 Å². The maximum Gasteiger partial charge on any atom is 0.266 e. The van der Waals surface area contributed by atoms with Gasteiger partial charge in [-0.3, -0.25) is 10.2 Å². The van der Waals surface area contributed by atoms with Crippen LogP contribution in [0.15, 0.2) is 18.2 Å². The van der Waals surface area contributed by atoms with Crippen molar-refractivity contribution in [3.63, 3.8) is 0 Å². The second-order valence-corrected chi connectivity index (χ2v) is 2.62. The van der Waals surface area contributed by atoms with E-state index in [1.807, 2.05) is 5.43 Å². The number of hydrogen-bond donors (Lipinski definition) is 3. The van der Waals surface area contributed by atoms with Crippen LogP contribution in [0.25, 0.3) is 0 Å². The molecule has 1 aromatic rings. The summed E-state index contributed by atoms with van der Waals surface area (Å²) in [5, 5.41) is 0.326. The summed E-state index contributed by atoms with van der Waals surface area (Å²) in [5.74, 6) is 4.47. The first-order valence-corrected chi connectivity index (χ1v) is 3.59. The third-order valence-electron chi connectivity index (χ3n) is 1.37. The largest absolute Gasteiger partial charge is 0.399 e. The molecule has 0 unspecified atom stereocenters. The van der Waals surface area contributed by atoms with Crippen molar-refractivity contribution in [1.29, 1.82) is 0 Å². The standard InChI is InChI=1S/C7H8ClN3O/c8-6-2-1-4(9)3-5(6)7(12)11-10/h1-3H,9-10H2,(H,11,12). The highest BCUT2D eigenvalue weighted by Gasteiger charge is 2.08. The van der Waals surface area contributed by atoms with Crippen LogP contribution in [0.1, 0.15) is 10.4 Å². The molecular formula is C7H8ClN3O. The molecule has 12 heavy (non-hydrogen) atoms. The van der Waals surface area contributed by atoms with Gasteiger partial charge in [0, 0.05) is 5.69 Å². The predicted octanol–water partition coefficient (Wildman–Crippen LogP) is 0.526. The minimum atomic E-state index is -0.452. The lowest BCUT2D eigenvalue weighted by atomic mass is 10.2. The second kappa shape index (κ2) is 3.42. The number of benzene rings is 1. The lowest BCUT2D eigenvalue weighted by Gasteiger charge is -2.02. The fourth-order valence-corrected chi connectivity index (χ4v) is 0.998. The Hall–Kier alpha value is -1.26. The first kappa shape index (κ1) is 8.83. The average molecular weight is 186 g/mol. The number of rotatable bonds is 1. The monoisotopic (exact) mass is 185 g/mol. The maximum absolute atomic E-state index is 11.0. The van der Waals surface area contributed by atoms with E-state index in [0.29, 0.717) is 10.7 Å². The fraction of sp³-hybridized carbons (Fsp3) is 0. The average Bonchev–Trinajstić information content (AvgIpc) is 2.08. The molecule has 1 amide bonds. The van der Waals surface area contributed by atoms with Gasteiger partial charge in [0.1, 0.15) is 0 Å². The van der Waals surface area contributed by atoms with Crippen LogP contribution in [0.4, 0.5) is 5.69 Å². The molecule has 0 aliphatic rings. The summed E-state index contributed by atoms with van der Waals surface area (Å²) in [6.45, 7) is 0. The van der Waals surface area contributed by atoms with Crippen molar-refractivity contribution >= 4 is 23.2 Å². The van der Waals surface area contributed by atoms with Gasteiger partial charge in [0.05, 0.1) is 10.6 Å². The molecule has 5 N–H and O–H groups in total. The third-order valence-corrected chi connectivity index (χ3v) is 1.70. The molecule has 0 aliphatic heterocycles. The zero-order chi connectivity index (χ0) is 9.14. The van der Waals surface area contributed by atoms with E-state index in [9.17, 15) is 4.79 Å². The van der Waals surface area contributed by atoms with E-state index in [-0.39, 0.29) is 5.56 Å². The quantitative estimate of drug-likeness (QED) is 0.258. The Balaban J connectivity index is 3.13. The van der Waals surface area contributed by atoms with Crippen molar-refractivity contribution in [2.24, 2.45) is 5.84 Å². The minimum Gasteiger partial charge on any atom is -0.399 e. The van der Waals surface area contributed by atoms with Crippen LogP contribution in [0, 0.1) is 0 Å². The molecule has 0 aliphatic carbocycles. The van der Waals surface area contributed by atoms with Crippen molar-refractivity contribution in [2.75, 3.05) is 5.73 Å². The van der Waals surface area contributed by atoms with Crippen LogP contribution in [0.5, 0.6) is 0 Å². The van der Waals surface area contributed by atoms with Gasteiger partial charge >= 0.3 is 0 Å². The highest BCUT2D eigenvalue weighted by atomic mass is 35.5. The van der Waals surface area contributed by atoms with E-state index in [1.54, 1.807) is 12.1 Å². The SMILES string of the molecule is NNC(=O)c1cc(N)ccc1Cl. The molecule has 0 saturated heterocycles. The number of nitrogens with two attached hydrogens (primary N) is 2. The van der Waals surface area contributed by atoms with Crippen molar-refractivity contribution in [3.8, 4) is 0 Å². The number of anilines is 1. The molecule has 1 aromatic carbocycles. The molecule has 0 bridgehead atoms. The highest BCUT2D eigenvalue weighted by Crippen LogP contribution is 2.18. The van der Waals surface area contributed by atoms with Crippen LogP contribution in [0.3, 0.4) is 0 Å². The molecular weight excluding hydrogens is 178 g/mol. The van der Waals surface area contributed by atoms with Crippen LogP contribution >= 0.6 is 11.6 Å². The minimum absolute atomic E-state index is 0.277. The number of hydrazine groups is 1. The van der Waals surface area contributed by atoms with E-state index in [1.165, 1.54) is 6.07 Å². The summed E-state index contributed by atoms with van der Waals surface area (Å²) in [5.41, 5.74) is 8.16. The maximum atomic E-state index is 11.0. The van der Waals surface area contributed by atoms with Crippen LogP contribution in [-0.4, -0.2) is 5.91 Å². The number of carbonyl (C=O) groups excluding carboxylic acids is 1. The summed E-state index contributed by atoms with van der Waals surface area (Å²) in [7, 11) is 0. The molecule has 5 heteroatoms. The zero-order valence-corrected chi connectivity index (χ0v) is 6.93. The van der Waals surface area contributed by atoms with E-state index in [4.69, 9.17) is 23.2 Å². The molecule has 0 fully saturated rings. The Morgan fingerprint density at radius 1 is 1.50 bits per heavy atom. The topological polar surface area (TPSA) is 81.1 Å². The van der Waals surface area contributed by atoms with Gasteiger partial charge in [0.15, 0.2) is 0 Å². The first-order chi connectivity index (χ1) is 5.65. The van der Waals surface area contributed by atoms with Gasteiger partial charge in [-0.1, -0.05) is 11.6 Å². The Labute approximate surface area is 74.5 Å². The molecule has 1 rings (SSSR count). The summed E-state index contributed by atoms with van der Waals surface area (Å²) >= 11 is 5.70. The van der Waals surface area contributed by atoms with Gasteiger partial charge in [-0.15, -0.1) is 0 Å². The highest BCUT2D eigenvalue weighted by molar-refractivity contribution is 6.33. The first-order valence-electron chi connectivity index (χ1n) is 3.21. The molecule has 0 radical (unpaired) electrons. The van der Waals surface area contributed by atoms with Gasteiger partial charge in [-0.25, -0.2) is 5.84 Å². The summed E-state index contributed by atoms with van der Waals surface area (Å²) in [6.07, 6.45) is 0. The normalized spacial score (nSPS) is 9.50. The van der Waals surface area contributed by atoms with Gasteiger partial charge in [-0.05, 0) is 18.2 Å². The smallest absolute Gasteiger partial charge is 0.266 e. The van der Waals surface area contributed by atoms with Gasteiger partial charge in [0.25, 0.3) is 5.91 Å². The summed E-state index contributed by atoms with van der Waals surface area (Å²) in [6, 6.07) is 4.61. The predicted molar refractivity (Wildman–Crippen MR) is 47.5 cm³/mol. The molecule has 64 valence electrons. The molecule has 0 heterocycles. The van der Waals surface area contributed by atoms with E-state index >= 15 is 0 Å². The molecule has 0 aromatic heterocycles. The Bertz CT molecular complexity index is 314. The fourth-order valence-electron chi connectivity index (χ4n) is 0.795. The Morgan fingerprint density at radius 3 is 2.75 bits per heavy atom. The van der Waals surface area contributed by atoms with Crippen molar-refractivity contribution < 1.29 is 4.79 Å². The van der Waals surface area contributed by atoms with Crippen LogP contribution < -0.4 is 17.0 Å². The number of hydrogen-bond acceptors (Lipinski definition) is 3. The molecule has 0 saturated carbocycles. The summed E-state index contributed by atoms with van der Waals surface area (Å²) in [4.78, 5) is 11.0. The van der Waals surface area contributed by atoms with Crippen molar-refractivity contribution in [1.82, 2.24) is 5.43 Å². The zero-order valence-electron chi connectivity index (χ0n) is 6.17. The van der Waals surface area contributed by atoms with Gasteiger partial charge in [-0.2, -0.15) is 0 Å². The number of amides is 1. The third kappa shape index (κ3) is 1.66. The van der Waals surface area contributed by atoms with E-state index in [2.05, 4.69) is 0 Å². The number of halogens is 1. The lowest BCUT2D eigenvalue weighted by Crippen LogP contribution is -2.30. The molecule has 4 nitrogen and oxygen atoms in total. The number of nitrogen functional groups attached to an aromatic ring is 2. The summed E-state index contributed by atoms with van der Waals surface area (Å²) < 4.78 is 0. The molecule has 0 spiro atoms. The van der Waals surface area contributed by atoms with Gasteiger partial charge < -0.3 is 5.73 Å². The van der Waals surface area contributed by atoms with E-state index in [0.717, 1.165) is 0 Å². The van der Waals surface area contributed by atoms with E-state index < -0.39 is 5.91 Å². The second-order valence-electron chi connectivity index (χ2n) is 2.21. The van der Waals surface area contributed by atoms with Crippen LogP contribution in [0.2, 0.25) is 5.02 Å². The molecule has 0 atom stereocenters. The number of nitrogens with one attached hydrogen (secondary N) is 1. The van der Waals surface area contributed by atoms with Crippen LogP contribution in [-0.2, 0) is 0 Å². The lowest BCUT2D eigenvalue weighted by molar-refractivity contribution is 0.0954. The van der Waals surface area contributed by atoms with Gasteiger partial charge in [0.2, 0.25) is 0 Å². The Kier molecular flexibility index (Phi) is 2.52. The van der Waals surface area contributed by atoms with Crippen molar-refractivity contribution in [3.05, 3.63) is 28.8 Å².